The van der Waals surface area contributed by atoms with Gasteiger partial charge in [0, 0.05) is 31.8 Å². The fraction of sp³-hybridized carbons (Fsp3) is 0.643. The Morgan fingerprint density at radius 1 is 1.50 bits per heavy atom. The quantitative estimate of drug-likeness (QED) is 0.639. The number of fused-ring (bicyclic) bond motifs is 1. The maximum atomic E-state index is 11.9. The second kappa shape index (κ2) is 7.26. The monoisotopic (exact) mass is 309 g/mol. The third-order valence-electron chi connectivity index (χ3n) is 3.29. The van der Waals surface area contributed by atoms with Crippen molar-refractivity contribution in [3.63, 3.8) is 0 Å². The first kappa shape index (κ1) is 16.3. The second-order valence-corrected chi connectivity index (χ2v) is 5.63. The van der Waals surface area contributed by atoms with Gasteiger partial charge in [-0.2, -0.15) is 5.10 Å². The van der Waals surface area contributed by atoms with Crippen molar-refractivity contribution in [2.45, 2.75) is 38.9 Å². The predicted octanol–water partition coefficient (Wildman–Crippen LogP) is -0.108. The number of methoxy groups -OCH3 is 1. The Morgan fingerprint density at radius 3 is 2.91 bits per heavy atom. The van der Waals surface area contributed by atoms with Gasteiger partial charge in [0.2, 0.25) is 0 Å². The topological polar surface area (TPSA) is 97.3 Å². The lowest BCUT2D eigenvalue weighted by molar-refractivity contribution is 0.0931. The second-order valence-electron chi connectivity index (χ2n) is 5.63. The molecule has 8 heteroatoms. The Balaban J connectivity index is 1.85. The van der Waals surface area contributed by atoms with Crippen LogP contribution in [0.3, 0.4) is 0 Å². The van der Waals surface area contributed by atoms with Crippen LogP contribution in [-0.2, 0) is 17.7 Å². The first-order valence-electron chi connectivity index (χ1n) is 7.40. The van der Waals surface area contributed by atoms with E-state index in [9.17, 15) is 9.59 Å². The van der Waals surface area contributed by atoms with E-state index in [1.54, 1.807) is 17.9 Å². The molecule has 2 rings (SSSR count). The smallest absolute Gasteiger partial charge is 0.315 e. The Labute approximate surface area is 129 Å². The van der Waals surface area contributed by atoms with Gasteiger partial charge in [0.15, 0.2) is 0 Å². The maximum Gasteiger partial charge on any atom is 0.315 e. The van der Waals surface area contributed by atoms with E-state index in [4.69, 9.17) is 4.74 Å². The van der Waals surface area contributed by atoms with Gasteiger partial charge in [0.05, 0.1) is 19.2 Å². The van der Waals surface area contributed by atoms with Crippen LogP contribution in [0.2, 0.25) is 0 Å². The zero-order valence-electron chi connectivity index (χ0n) is 13.2. The molecule has 1 aliphatic rings. The van der Waals surface area contributed by atoms with Crippen molar-refractivity contribution in [1.29, 1.82) is 0 Å². The number of carbonyl (C=O) groups is 2. The van der Waals surface area contributed by atoms with E-state index in [0.29, 0.717) is 31.8 Å². The van der Waals surface area contributed by atoms with E-state index in [0.717, 1.165) is 5.69 Å². The minimum absolute atomic E-state index is 0.00635. The zero-order chi connectivity index (χ0) is 16.1. The van der Waals surface area contributed by atoms with Crippen LogP contribution in [-0.4, -0.2) is 54.1 Å². The van der Waals surface area contributed by atoms with E-state index in [-0.39, 0.29) is 24.0 Å². The molecule has 0 spiro atoms. The molecule has 0 radical (unpaired) electrons. The van der Waals surface area contributed by atoms with Gasteiger partial charge < -0.3 is 20.7 Å². The van der Waals surface area contributed by atoms with E-state index in [1.165, 1.54) is 0 Å². The molecule has 122 valence electrons. The average Bonchev–Trinajstić information content (AvgIpc) is 2.95. The molecule has 0 aromatic carbocycles. The average molecular weight is 309 g/mol. The lowest BCUT2D eigenvalue weighted by atomic mass is 10.2. The summed E-state index contributed by atoms with van der Waals surface area (Å²) in [5.74, 6) is -0.207. The fourth-order valence-corrected chi connectivity index (χ4v) is 2.36. The SMILES string of the molecule is COCCNC(=O)c1cc2n(n1)C[C@@H](NC(=O)NC(C)C)C2. The molecule has 8 nitrogen and oxygen atoms in total. The van der Waals surface area contributed by atoms with Crippen LogP contribution < -0.4 is 16.0 Å². The molecule has 0 saturated carbocycles. The molecular formula is C14H23N5O3. The number of amides is 3. The molecule has 1 aliphatic heterocycles. The lowest BCUT2D eigenvalue weighted by Crippen LogP contribution is -2.45. The van der Waals surface area contributed by atoms with Crippen LogP contribution in [0.5, 0.6) is 0 Å². The van der Waals surface area contributed by atoms with Gasteiger partial charge >= 0.3 is 6.03 Å². The molecule has 2 heterocycles. The highest BCUT2D eigenvalue weighted by Crippen LogP contribution is 2.16. The molecule has 22 heavy (non-hydrogen) atoms. The summed E-state index contributed by atoms with van der Waals surface area (Å²) >= 11 is 0. The summed E-state index contributed by atoms with van der Waals surface area (Å²) in [5.41, 5.74) is 1.35. The molecule has 3 amide bonds. The third-order valence-corrected chi connectivity index (χ3v) is 3.29. The van der Waals surface area contributed by atoms with Crippen molar-refractivity contribution in [2.24, 2.45) is 0 Å². The van der Waals surface area contributed by atoms with Gasteiger partial charge in [-0.1, -0.05) is 0 Å². The summed E-state index contributed by atoms with van der Waals surface area (Å²) in [6.07, 6.45) is 0.671. The summed E-state index contributed by atoms with van der Waals surface area (Å²) in [4.78, 5) is 23.6. The van der Waals surface area contributed by atoms with Gasteiger partial charge in [-0.15, -0.1) is 0 Å². The highest BCUT2D eigenvalue weighted by Gasteiger charge is 2.26. The number of rotatable bonds is 6. The van der Waals surface area contributed by atoms with E-state index in [1.807, 2.05) is 13.8 Å². The normalized spacial score (nSPS) is 16.5. The van der Waals surface area contributed by atoms with Crippen LogP contribution in [0.4, 0.5) is 4.79 Å². The Morgan fingerprint density at radius 2 is 2.27 bits per heavy atom. The minimum atomic E-state index is -0.207. The molecule has 1 aromatic rings. The van der Waals surface area contributed by atoms with Crippen molar-refractivity contribution >= 4 is 11.9 Å². The lowest BCUT2D eigenvalue weighted by Gasteiger charge is -2.14. The first-order chi connectivity index (χ1) is 10.5. The number of ether oxygens (including phenoxy) is 1. The van der Waals surface area contributed by atoms with Crippen molar-refractivity contribution in [3.05, 3.63) is 17.5 Å². The molecule has 0 saturated heterocycles. The minimum Gasteiger partial charge on any atom is -0.383 e. The van der Waals surface area contributed by atoms with Crippen molar-refractivity contribution < 1.29 is 14.3 Å². The van der Waals surface area contributed by atoms with Crippen LogP contribution in [0.1, 0.15) is 30.0 Å². The van der Waals surface area contributed by atoms with Gasteiger partial charge in [-0.05, 0) is 19.9 Å². The number of nitrogens with one attached hydrogen (secondary N) is 3. The number of hydrogen-bond acceptors (Lipinski definition) is 4. The Bertz CT molecular complexity index is 517. The Hall–Kier alpha value is -2.09. The largest absolute Gasteiger partial charge is 0.383 e. The molecule has 0 bridgehead atoms. The van der Waals surface area contributed by atoms with Crippen molar-refractivity contribution in [2.75, 3.05) is 20.3 Å². The summed E-state index contributed by atoms with van der Waals surface area (Å²) < 4.78 is 6.65. The highest BCUT2D eigenvalue weighted by atomic mass is 16.5. The number of carbonyl (C=O) groups excluding carboxylic acids is 2. The van der Waals surface area contributed by atoms with Crippen molar-refractivity contribution in [1.82, 2.24) is 25.7 Å². The van der Waals surface area contributed by atoms with E-state index >= 15 is 0 Å². The van der Waals surface area contributed by atoms with Crippen LogP contribution in [0.15, 0.2) is 6.07 Å². The van der Waals surface area contributed by atoms with Crippen LogP contribution in [0, 0.1) is 0 Å². The predicted molar refractivity (Wildman–Crippen MR) is 80.7 cm³/mol. The number of urea groups is 1. The van der Waals surface area contributed by atoms with Crippen molar-refractivity contribution in [3.8, 4) is 0 Å². The number of aromatic nitrogens is 2. The molecule has 1 aromatic heterocycles. The first-order valence-corrected chi connectivity index (χ1v) is 7.40. The highest BCUT2D eigenvalue weighted by molar-refractivity contribution is 5.92. The van der Waals surface area contributed by atoms with Gasteiger partial charge in [-0.3, -0.25) is 9.48 Å². The molecule has 0 unspecified atom stereocenters. The maximum absolute atomic E-state index is 11.9. The van der Waals surface area contributed by atoms with Gasteiger partial charge in [-0.25, -0.2) is 4.79 Å². The Kier molecular flexibility index (Phi) is 5.37. The van der Waals surface area contributed by atoms with Gasteiger partial charge in [0.25, 0.3) is 5.91 Å². The van der Waals surface area contributed by atoms with E-state index in [2.05, 4.69) is 21.0 Å². The third kappa shape index (κ3) is 4.20. The van der Waals surface area contributed by atoms with Crippen LogP contribution >= 0.6 is 0 Å². The number of hydrogen-bond donors (Lipinski definition) is 3. The molecule has 3 N–H and O–H groups in total. The summed E-state index contributed by atoms with van der Waals surface area (Å²) in [6, 6.07) is 1.69. The molecule has 1 atom stereocenters. The van der Waals surface area contributed by atoms with E-state index < -0.39 is 0 Å². The summed E-state index contributed by atoms with van der Waals surface area (Å²) in [7, 11) is 1.58. The zero-order valence-corrected chi connectivity index (χ0v) is 13.2. The summed E-state index contributed by atoms with van der Waals surface area (Å²) in [5, 5.41) is 12.7. The number of nitrogens with zero attached hydrogens (tertiary/aromatic N) is 2. The fourth-order valence-electron chi connectivity index (χ4n) is 2.36. The van der Waals surface area contributed by atoms with Gasteiger partial charge in [0.1, 0.15) is 5.69 Å². The molecule has 0 fully saturated rings. The standard InChI is InChI=1S/C14H23N5O3/c1-9(2)16-14(21)17-10-6-11-7-12(18-19(11)8-10)13(20)15-4-5-22-3/h7,9-10H,4-6,8H2,1-3H3,(H,15,20)(H2,16,17,21)/t10-/m0/s1. The molecule has 0 aliphatic carbocycles. The molecular weight excluding hydrogens is 286 g/mol. The summed E-state index contributed by atoms with van der Waals surface area (Å²) in [6.45, 7) is 5.32. The van der Waals surface area contributed by atoms with Crippen LogP contribution in [0.25, 0.3) is 0 Å².